The number of carboxylic acids is 1. The van der Waals surface area contributed by atoms with Crippen LogP contribution in [0.4, 0.5) is 0 Å². The van der Waals surface area contributed by atoms with Crippen molar-refractivity contribution in [3.63, 3.8) is 0 Å². The Morgan fingerprint density at radius 2 is 2.35 bits per heavy atom. The van der Waals surface area contributed by atoms with E-state index >= 15 is 0 Å². The molecule has 0 bridgehead atoms. The molecule has 2 heterocycles. The lowest BCUT2D eigenvalue weighted by Crippen LogP contribution is -2.30. The van der Waals surface area contributed by atoms with Gasteiger partial charge < -0.3 is 10.0 Å². The first-order valence-corrected chi connectivity index (χ1v) is 6.55. The van der Waals surface area contributed by atoms with Gasteiger partial charge in [-0.2, -0.15) is 0 Å². The van der Waals surface area contributed by atoms with Crippen LogP contribution in [0.15, 0.2) is 17.5 Å². The largest absolute Gasteiger partial charge is 0.481 e. The number of thiophene rings is 1. The van der Waals surface area contributed by atoms with Gasteiger partial charge in [0.2, 0.25) is 5.91 Å². The second-order valence-corrected chi connectivity index (χ2v) is 5.38. The number of rotatable bonds is 4. The Bertz CT molecular complexity index is 402. The van der Waals surface area contributed by atoms with Gasteiger partial charge in [-0.25, -0.2) is 0 Å². The van der Waals surface area contributed by atoms with Crippen molar-refractivity contribution in [2.45, 2.75) is 19.3 Å². The highest BCUT2D eigenvalue weighted by molar-refractivity contribution is 7.10. The van der Waals surface area contributed by atoms with Crippen molar-refractivity contribution in [2.24, 2.45) is 5.92 Å². The zero-order valence-electron chi connectivity index (χ0n) is 9.46. The van der Waals surface area contributed by atoms with Crippen LogP contribution in [-0.4, -0.2) is 35.0 Å². The summed E-state index contributed by atoms with van der Waals surface area (Å²) in [4.78, 5) is 25.4. The maximum atomic E-state index is 11.9. The van der Waals surface area contributed by atoms with E-state index in [9.17, 15) is 9.59 Å². The van der Waals surface area contributed by atoms with Gasteiger partial charge in [-0.3, -0.25) is 9.59 Å². The summed E-state index contributed by atoms with van der Waals surface area (Å²) in [5.41, 5.74) is 0. The molecule has 92 valence electrons. The van der Waals surface area contributed by atoms with Crippen LogP contribution in [0.1, 0.15) is 17.7 Å². The number of hydrogen-bond donors (Lipinski definition) is 1. The lowest BCUT2D eigenvalue weighted by atomic mass is 10.1. The van der Waals surface area contributed by atoms with Gasteiger partial charge in [-0.15, -0.1) is 11.3 Å². The van der Waals surface area contributed by atoms with Crippen molar-refractivity contribution in [3.05, 3.63) is 22.4 Å². The zero-order chi connectivity index (χ0) is 12.3. The van der Waals surface area contributed by atoms with Gasteiger partial charge in [0.25, 0.3) is 0 Å². The van der Waals surface area contributed by atoms with Crippen molar-refractivity contribution in [1.29, 1.82) is 0 Å². The molecule has 0 saturated carbocycles. The topological polar surface area (TPSA) is 57.6 Å². The maximum Gasteiger partial charge on any atom is 0.303 e. The summed E-state index contributed by atoms with van der Waals surface area (Å²) < 4.78 is 0. The zero-order valence-corrected chi connectivity index (χ0v) is 10.3. The molecule has 1 atom stereocenters. The fraction of sp³-hybridized carbons (Fsp3) is 0.500. The summed E-state index contributed by atoms with van der Waals surface area (Å²) >= 11 is 1.58. The molecule has 1 unspecified atom stereocenters. The molecule has 4 nitrogen and oxygen atoms in total. The van der Waals surface area contributed by atoms with Gasteiger partial charge >= 0.3 is 5.97 Å². The van der Waals surface area contributed by atoms with E-state index in [0.29, 0.717) is 19.5 Å². The summed E-state index contributed by atoms with van der Waals surface area (Å²) in [5.74, 6) is -0.539. The van der Waals surface area contributed by atoms with Crippen molar-refractivity contribution in [3.8, 4) is 0 Å². The van der Waals surface area contributed by atoms with Crippen molar-refractivity contribution in [2.75, 3.05) is 13.1 Å². The predicted octanol–water partition coefficient (Wildman–Crippen LogP) is 1.61. The Kier molecular flexibility index (Phi) is 3.78. The number of carbonyl (C=O) groups excluding carboxylic acids is 1. The molecule has 1 aliphatic heterocycles. The van der Waals surface area contributed by atoms with Crippen molar-refractivity contribution >= 4 is 23.2 Å². The summed E-state index contributed by atoms with van der Waals surface area (Å²) in [5, 5.41) is 10.7. The summed E-state index contributed by atoms with van der Waals surface area (Å²) in [6, 6.07) is 3.89. The number of likely N-dealkylation sites (tertiary alicyclic amines) is 1. The molecule has 1 saturated heterocycles. The van der Waals surface area contributed by atoms with E-state index in [1.54, 1.807) is 16.2 Å². The smallest absolute Gasteiger partial charge is 0.303 e. The third-order valence-electron chi connectivity index (χ3n) is 3.01. The fourth-order valence-corrected chi connectivity index (χ4v) is 2.84. The highest BCUT2D eigenvalue weighted by atomic mass is 32.1. The SMILES string of the molecule is O=C(O)CC1CCN(C(=O)Cc2cccs2)C1. The summed E-state index contributed by atoms with van der Waals surface area (Å²) in [6.07, 6.45) is 1.42. The highest BCUT2D eigenvalue weighted by Gasteiger charge is 2.27. The van der Waals surface area contributed by atoms with E-state index < -0.39 is 5.97 Å². The normalized spacial score (nSPS) is 19.5. The first-order valence-electron chi connectivity index (χ1n) is 5.67. The Hall–Kier alpha value is -1.36. The van der Waals surface area contributed by atoms with E-state index in [4.69, 9.17) is 5.11 Å². The van der Waals surface area contributed by atoms with E-state index in [2.05, 4.69) is 0 Å². The molecule has 1 amide bonds. The Morgan fingerprint density at radius 1 is 1.53 bits per heavy atom. The molecule has 1 N–H and O–H groups in total. The van der Waals surface area contributed by atoms with E-state index in [1.807, 2.05) is 17.5 Å². The third-order valence-corrected chi connectivity index (χ3v) is 3.88. The Labute approximate surface area is 104 Å². The predicted molar refractivity (Wildman–Crippen MR) is 65.0 cm³/mol. The molecular formula is C12H15NO3S. The molecule has 1 aromatic heterocycles. The Balaban J connectivity index is 1.83. The van der Waals surface area contributed by atoms with E-state index in [-0.39, 0.29) is 18.2 Å². The Morgan fingerprint density at radius 3 is 3.00 bits per heavy atom. The second-order valence-electron chi connectivity index (χ2n) is 4.35. The molecule has 0 aliphatic carbocycles. The van der Waals surface area contributed by atoms with Crippen LogP contribution in [0.2, 0.25) is 0 Å². The monoisotopic (exact) mass is 253 g/mol. The third kappa shape index (κ3) is 3.30. The summed E-state index contributed by atoms with van der Waals surface area (Å²) in [7, 11) is 0. The number of aliphatic carboxylic acids is 1. The minimum atomic E-state index is -0.775. The van der Waals surface area contributed by atoms with Crippen LogP contribution < -0.4 is 0 Å². The standard InChI is InChI=1S/C12H15NO3S/c14-11(7-10-2-1-5-17-10)13-4-3-9(8-13)6-12(15)16/h1-2,5,9H,3-4,6-8H2,(H,15,16). The van der Waals surface area contributed by atoms with Crippen molar-refractivity contribution in [1.82, 2.24) is 4.90 Å². The second kappa shape index (κ2) is 5.31. The molecule has 1 fully saturated rings. The average molecular weight is 253 g/mol. The minimum Gasteiger partial charge on any atom is -0.481 e. The minimum absolute atomic E-state index is 0.111. The number of amides is 1. The number of carboxylic acid groups (broad SMARTS) is 1. The molecule has 0 spiro atoms. The van der Waals surface area contributed by atoms with E-state index in [0.717, 1.165) is 11.3 Å². The van der Waals surface area contributed by atoms with Crippen LogP contribution in [-0.2, 0) is 16.0 Å². The summed E-state index contributed by atoms with van der Waals surface area (Å²) in [6.45, 7) is 1.29. The number of carbonyl (C=O) groups is 2. The molecule has 1 aromatic rings. The lowest BCUT2D eigenvalue weighted by molar-refractivity contribution is -0.138. The molecular weight excluding hydrogens is 238 g/mol. The van der Waals surface area contributed by atoms with Crippen LogP contribution in [0.3, 0.4) is 0 Å². The van der Waals surface area contributed by atoms with Crippen LogP contribution in [0.25, 0.3) is 0 Å². The maximum absolute atomic E-state index is 11.9. The first-order chi connectivity index (χ1) is 8.15. The van der Waals surface area contributed by atoms with Crippen molar-refractivity contribution < 1.29 is 14.7 Å². The van der Waals surface area contributed by atoms with Crippen LogP contribution in [0.5, 0.6) is 0 Å². The fourth-order valence-electron chi connectivity index (χ4n) is 2.15. The average Bonchev–Trinajstić information content (AvgIpc) is 2.87. The lowest BCUT2D eigenvalue weighted by Gasteiger charge is -2.15. The quantitative estimate of drug-likeness (QED) is 0.887. The molecule has 17 heavy (non-hydrogen) atoms. The van der Waals surface area contributed by atoms with Gasteiger partial charge in [0.15, 0.2) is 0 Å². The molecule has 5 heteroatoms. The van der Waals surface area contributed by atoms with E-state index in [1.165, 1.54) is 0 Å². The van der Waals surface area contributed by atoms with Gasteiger partial charge in [0.1, 0.15) is 0 Å². The van der Waals surface area contributed by atoms with Crippen LogP contribution in [0, 0.1) is 5.92 Å². The van der Waals surface area contributed by atoms with Gasteiger partial charge in [0, 0.05) is 24.4 Å². The van der Waals surface area contributed by atoms with Gasteiger partial charge in [0.05, 0.1) is 6.42 Å². The molecule has 1 aliphatic rings. The molecule has 2 rings (SSSR count). The first kappa shape index (κ1) is 12.1. The molecule has 0 aromatic carbocycles. The van der Waals surface area contributed by atoms with Gasteiger partial charge in [-0.1, -0.05) is 6.07 Å². The van der Waals surface area contributed by atoms with Crippen LogP contribution >= 0.6 is 11.3 Å². The number of hydrogen-bond acceptors (Lipinski definition) is 3. The molecule has 0 radical (unpaired) electrons. The highest BCUT2D eigenvalue weighted by Crippen LogP contribution is 2.21. The van der Waals surface area contributed by atoms with Gasteiger partial charge in [-0.05, 0) is 23.8 Å². The number of nitrogens with zero attached hydrogens (tertiary/aromatic N) is 1.